The van der Waals surface area contributed by atoms with Crippen LogP contribution in [0, 0.1) is 0 Å². The van der Waals surface area contributed by atoms with Gasteiger partial charge in [-0.2, -0.15) is 0 Å². The quantitative estimate of drug-likeness (QED) is 0.0456. The second-order valence-electron chi connectivity index (χ2n) is 12.0. The van der Waals surface area contributed by atoms with Gasteiger partial charge in [0.25, 0.3) is 0 Å². The summed E-state index contributed by atoms with van der Waals surface area (Å²) in [5.41, 5.74) is 0. The molecule has 0 bridgehead atoms. The maximum absolute atomic E-state index is 12.1. The van der Waals surface area contributed by atoms with Crippen LogP contribution in [0.25, 0.3) is 0 Å². The van der Waals surface area contributed by atoms with Crippen LogP contribution in [0.3, 0.4) is 0 Å². The van der Waals surface area contributed by atoms with Crippen LogP contribution < -0.4 is 0 Å². The molecule has 0 spiro atoms. The predicted octanol–water partition coefficient (Wildman–Crippen LogP) is 11.2. The van der Waals surface area contributed by atoms with Gasteiger partial charge in [-0.3, -0.25) is 9.59 Å². The normalized spacial score (nSPS) is 12.9. The lowest BCUT2D eigenvalue weighted by Gasteiger charge is -2.15. The second kappa shape index (κ2) is 36.1. The fourth-order valence-electron chi connectivity index (χ4n) is 4.77. The largest absolute Gasteiger partial charge is 0.462 e. The van der Waals surface area contributed by atoms with E-state index in [1.165, 1.54) is 83.5 Å². The van der Waals surface area contributed by atoms with E-state index in [2.05, 4.69) is 62.5 Å². The Balaban J connectivity index is 3.73. The van der Waals surface area contributed by atoms with Gasteiger partial charge in [-0.25, -0.2) is 0 Å². The molecule has 0 aromatic carbocycles. The van der Waals surface area contributed by atoms with E-state index >= 15 is 0 Å². The van der Waals surface area contributed by atoms with E-state index in [9.17, 15) is 14.7 Å². The van der Waals surface area contributed by atoms with Crippen LogP contribution in [0.2, 0.25) is 0 Å². The predicted molar refractivity (Wildman–Crippen MR) is 191 cm³/mol. The van der Waals surface area contributed by atoms with Crippen LogP contribution in [0.15, 0.2) is 60.8 Å². The molecular weight excluding hydrogens is 560 g/mol. The molecule has 0 saturated carbocycles. The molecular formula is C40H68O5. The zero-order chi connectivity index (χ0) is 32.9. The van der Waals surface area contributed by atoms with Crippen LogP contribution in [0.5, 0.6) is 0 Å². The van der Waals surface area contributed by atoms with E-state index in [-0.39, 0.29) is 25.6 Å². The van der Waals surface area contributed by atoms with Gasteiger partial charge in [0.05, 0.1) is 6.61 Å². The minimum Gasteiger partial charge on any atom is -0.462 e. The molecule has 0 unspecified atom stereocenters. The summed E-state index contributed by atoms with van der Waals surface area (Å²) in [4.78, 5) is 24.1. The summed E-state index contributed by atoms with van der Waals surface area (Å²) >= 11 is 0. The number of carbonyl (C=O) groups excluding carboxylic acids is 2. The minimum absolute atomic E-state index is 0.0960. The van der Waals surface area contributed by atoms with E-state index in [4.69, 9.17) is 9.47 Å². The fraction of sp³-hybridized carbons (Fsp3) is 0.700. The highest BCUT2D eigenvalue weighted by molar-refractivity contribution is 5.70. The van der Waals surface area contributed by atoms with E-state index in [0.717, 1.165) is 44.9 Å². The topological polar surface area (TPSA) is 72.8 Å². The van der Waals surface area contributed by atoms with Crippen molar-refractivity contribution in [3.05, 3.63) is 60.8 Å². The van der Waals surface area contributed by atoms with Crippen LogP contribution in [-0.2, 0) is 19.1 Å². The van der Waals surface area contributed by atoms with Gasteiger partial charge in [0.2, 0.25) is 0 Å². The molecule has 0 rings (SSSR count). The highest BCUT2D eigenvalue weighted by Crippen LogP contribution is 2.13. The van der Waals surface area contributed by atoms with Crippen molar-refractivity contribution in [1.29, 1.82) is 0 Å². The first-order chi connectivity index (χ1) is 22.1. The van der Waals surface area contributed by atoms with Crippen molar-refractivity contribution in [2.24, 2.45) is 0 Å². The molecule has 1 atom stereocenters. The summed E-state index contributed by atoms with van der Waals surface area (Å²) in [7, 11) is 0. The zero-order valence-corrected chi connectivity index (χ0v) is 29.1. The monoisotopic (exact) mass is 629 g/mol. The number of hydrogen-bond donors (Lipinski definition) is 1. The number of esters is 2. The highest BCUT2D eigenvalue weighted by Gasteiger charge is 2.15. The first kappa shape index (κ1) is 42.6. The van der Waals surface area contributed by atoms with Gasteiger partial charge < -0.3 is 14.6 Å². The van der Waals surface area contributed by atoms with Crippen molar-refractivity contribution in [3.8, 4) is 0 Å². The van der Waals surface area contributed by atoms with E-state index in [1.807, 2.05) is 12.2 Å². The summed E-state index contributed by atoms with van der Waals surface area (Å²) in [6, 6.07) is 0. The minimum atomic E-state index is -0.809. The van der Waals surface area contributed by atoms with Crippen molar-refractivity contribution in [3.63, 3.8) is 0 Å². The molecule has 5 heteroatoms. The molecule has 0 aliphatic heterocycles. The van der Waals surface area contributed by atoms with Crippen molar-refractivity contribution in [2.75, 3.05) is 13.2 Å². The van der Waals surface area contributed by atoms with Crippen LogP contribution >= 0.6 is 0 Å². The Labute approximate surface area is 277 Å². The molecule has 0 fully saturated rings. The molecule has 1 N–H and O–H groups in total. The molecule has 5 nitrogen and oxygen atoms in total. The van der Waals surface area contributed by atoms with Crippen LogP contribution in [0.1, 0.15) is 162 Å². The number of allylic oxidation sites excluding steroid dienone is 10. The third-order valence-corrected chi connectivity index (χ3v) is 7.58. The highest BCUT2D eigenvalue weighted by atomic mass is 16.6. The zero-order valence-electron chi connectivity index (χ0n) is 29.1. The maximum Gasteiger partial charge on any atom is 0.306 e. The first-order valence-corrected chi connectivity index (χ1v) is 18.3. The molecule has 0 amide bonds. The van der Waals surface area contributed by atoms with Crippen molar-refractivity contribution < 1.29 is 24.2 Å². The third kappa shape index (κ3) is 34.3. The molecule has 0 radical (unpaired) electrons. The summed E-state index contributed by atoms with van der Waals surface area (Å²) in [5, 5.41) is 9.51. The lowest BCUT2D eigenvalue weighted by molar-refractivity contribution is -0.161. The van der Waals surface area contributed by atoms with Gasteiger partial charge in [0, 0.05) is 12.8 Å². The molecule has 0 aromatic heterocycles. The number of carbonyl (C=O) groups is 2. The van der Waals surface area contributed by atoms with E-state index < -0.39 is 12.1 Å². The Morgan fingerprint density at radius 2 is 0.933 bits per heavy atom. The summed E-state index contributed by atoms with van der Waals surface area (Å²) in [6.07, 6.45) is 45.7. The molecule has 0 heterocycles. The standard InChI is InChI=1S/C40H68O5/c1-3-5-7-9-11-13-15-17-18-19-20-21-22-23-25-27-29-31-33-35-40(43)45-38(36-41)37-44-39(42)34-32-30-28-26-24-16-14-12-10-8-6-4-2/h11,13,17-18,20-21,23,25,29,31,38,41H,3-10,12,14-16,19,22,24,26-28,30,32-37H2,1-2H3/b13-11-,18-17-,21-20-,25-23-,31-29-/t38-/m0/s1. The lowest BCUT2D eigenvalue weighted by atomic mass is 10.0. The Kier molecular flexibility index (Phi) is 34.1. The van der Waals surface area contributed by atoms with Gasteiger partial charge in [0.1, 0.15) is 6.61 Å². The maximum atomic E-state index is 12.1. The van der Waals surface area contributed by atoms with Crippen molar-refractivity contribution >= 4 is 11.9 Å². The summed E-state index contributed by atoms with van der Waals surface area (Å²) in [5.74, 6) is -0.690. The van der Waals surface area contributed by atoms with Crippen LogP contribution in [-0.4, -0.2) is 36.4 Å². The third-order valence-electron chi connectivity index (χ3n) is 7.58. The second-order valence-corrected chi connectivity index (χ2v) is 12.0. The first-order valence-electron chi connectivity index (χ1n) is 18.3. The average molecular weight is 629 g/mol. The lowest BCUT2D eigenvalue weighted by Crippen LogP contribution is -2.28. The average Bonchev–Trinajstić information content (AvgIpc) is 3.04. The van der Waals surface area contributed by atoms with Crippen molar-refractivity contribution in [2.45, 2.75) is 168 Å². The molecule has 0 aliphatic carbocycles. The van der Waals surface area contributed by atoms with Crippen molar-refractivity contribution in [1.82, 2.24) is 0 Å². The number of unbranched alkanes of at least 4 members (excludes halogenated alkanes) is 14. The summed E-state index contributed by atoms with van der Waals surface area (Å²) < 4.78 is 10.5. The van der Waals surface area contributed by atoms with Gasteiger partial charge in [-0.05, 0) is 51.4 Å². The Hall–Kier alpha value is -2.40. The molecule has 258 valence electrons. The molecule has 0 aromatic rings. The smallest absolute Gasteiger partial charge is 0.306 e. The molecule has 0 aliphatic rings. The van der Waals surface area contributed by atoms with Crippen LogP contribution in [0.4, 0.5) is 0 Å². The Bertz CT molecular complexity index is 808. The van der Waals surface area contributed by atoms with Gasteiger partial charge in [-0.15, -0.1) is 0 Å². The Morgan fingerprint density at radius 3 is 1.42 bits per heavy atom. The molecule has 45 heavy (non-hydrogen) atoms. The van der Waals surface area contributed by atoms with E-state index in [0.29, 0.717) is 12.8 Å². The number of aliphatic hydroxyl groups excluding tert-OH is 1. The van der Waals surface area contributed by atoms with Gasteiger partial charge in [0.15, 0.2) is 6.10 Å². The van der Waals surface area contributed by atoms with Gasteiger partial charge >= 0.3 is 11.9 Å². The fourth-order valence-corrected chi connectivity index (χ4v) is 4.77. The molecule has 0 saturated heterocycles. The van der Waals surface area contributed by atoms with Gasteiger partial charge in [-0.1, -0.05) is 158 Å². The Morgan fingerprint density at radius 1 is 0.511 bits per heavy atom. The number of aliphatic hydroxyl groups is 1. The number of ether oxygens (including phenoxy) is 2. The van der Waals surface area contributed by atoms with E-state index in [1.54, 1.807) is 0 Å². The SMILES string of the molecule is CCCCC/C=C\C/C=C\C/C=C\C/C=C\C/C=C\CCC(=O)O[C@@H](CO)COC(=O)CCCCCCCCCCCCCC. The number of rotatable bonds is 32. The summed E-state index contributed by atoms with van der Waals surface area (Å²) in [6.45, 7) is 4.03. The number of hydrogen-bond acceptors (Lipinski definition) is 5.